The van der Waals surface area contributed by atoms with Gasteiger partial charge in [0.25, 0.3) is 5.69 Å². The Morgan fingerprint density at radius 1 is 1.32 bits per heavy atom. The topological polar surface area (TPSA) is 58.4 Å². The summed E-state index contributed by atoms with van der Waals surface area (Å²) in [6.45, 7) is 1.23. The van der Waals surface area contributed by atoms with Crippen molar-refractivity contribution >= 4 is 11.4 Å². The Balaban J connectivity index is 2.66. The standard InChI is InChI=1S/C12H17F2N3O2/c1-16(2)8-4-3-7-15-12-10(17(18)19)6-5-9(13)11(12)14/h5-6,15H,3-4,7-8H2,1-2H3. The number of hydrogen-bond acceptors (Lipinski definition) is 4. The van der Waals surface area contributed by atoms with E-state index in [2.05, 4.69) is 5.32 Å². The number of nitrogens with one attached hydrogen (secondary N) is 1. The average Bonchev–Trinajstić information content (AvgIpc) is 2.33. The highest BCUT2D eigenvalue weighted by molar-refractivity contribution is 5.62. The Labute approximate surface area is 110 Å². The molecular weight excluding hydrogens is 256 g/mol. The third-order valence-electron chi connectivity index (χ3n) is 2.60. The summed E-state index contributed by atoms with van der Waals surface area (Å²) in [6, 6.07) is 1.71. The molecule has 0 amide bonds. The number of unbranched alkanes of at least 4 members (excludes halogenated alkanes) is 1. The Hall–Kier alpha value is -1.76. The first-order chi connectivity index (χ1) is 8.93. The van der Waals surface area contributed by atoms with Crippen molar-refractivity contribution < 1.29 is 13.7 Å². The molecule has 0 aliphatic carbocycles. The van der Waals surface area contributed by atoms with E-state index in [0.717, 1.165) is 25.1 Å². The highest BCUT2D eigenvalue weighted by Crippen LogP contribution is 2.28. The lowest BCUT2D eigenvalue weighted by Gasteiger charge is -2.11. The van der Waals surface area contributed by atoms with Crippen molar-refractivity contribution in [3.8, 4) is 0 Å². The van der Waals surface area contributed by atoms with E-state index in [9.17, 15) is 18.9 Å². The SMILES string of the molecule is CN(C)CCCCNc1c([N+](=O)[O-])ccc(F)c1F. The van der Waals surface area contributed by atoms with Gasteiger partial charge in [0.15, 0.2) is 17.3 Å². The van der Waals surface area contributed by atoms with Crippen LogP contribution in [0.5, 0.6) is 0 Å². The van der Waals surface area contributed by atoms with Crippen LogP contribution in [0.4, 0.5) is 20.2 Å². The summed E-state index contributed by atoms with van der Waals surface area (Å²) < 4.78 is 26.6. The van der Waals surface area contributed by atoms with Gasteiger partial charge in [0.05, 0.1) is 4.92 Å². The molecule has 0 atom stereocenters. The van der Waals surface area contributed by atoms with Crippen LogP contribution < -0.4 is 5.32 Å². The molecule has 0 spiro atoms. The smallest absolute Gasteiger partial charge is 0.295 e. The zero-order valence-corrected chi connectivity index (χ0v) is 10.9. The first kappa shape index (κ1) is 15.3. The van der Waals surface area contributed by atoms with Crippen molar-refractivity contribution in [1.82, 2.24) is 4.90 Å². The number of halogens is 2. The van der Waals surface area contributed by atoms with Crippen molar-refractivity contribution in [3.63, 3.8) is 0 Å². The molecule has 19 heavy (non-hydrogen) atoms. The molecule has 0 fully saturated rings. The Morgan fingerprint density at radius 3 is 2.58 bits per heavy atom. The average molecular weight is 273 g/mol. The van der Waals surface area contributed by atoms with Crippen molar-refractivity contribution in [1.29, 1.82) is 0 Å². The first-order valence-corrected chi connectivity index (χ1v) is 5.94. The van der Waals surface area contributed by atoms with Crippen LogP contribution in [-0.4, -0.2) is 37.0 Å². The van der Waals surface area contributed by atoms with E-state index in [-0.39, 0.29) is 5.69 Å². The zero-order chi connectivity index (χ0) is 14.4. The molecule has 5 nitrogen and oxygen atoms in total. The van der Waals surface area contributed by atoms with Crippen LogP contribution in [0.1, 0.15) is 12.8 Å². The number of anilines is 1. The Kier molecular flexibility index (Phi) is 5.62. The van der Waals surface area contributed by atoms with Gasteiger partial charge >= 0.3 is 0 Å². The lowest BCUT2D eigenvalue weighted by atomic mass is 10.2. The van der Waals surface area contributed by atoms with E-state index >= 15 is 0 Å². The predicted octanol–water partition coefficient (Wildman–Crippen LogP) is 2.63. The number of nitrogens with zero attached hydrogens (tertiary/aromatic N) is 2. The van der Waals surface area contributed by atoms with E-state index in [1.807, 2.05) is 19.0 Å². The summed E-state index contributed by atoms with van der Waals surface area (Å²) in [5.41, 5.74) is -0.832. The van der Waals surface area contributed by atoms with Crippen molar-refractivity contribution in [2.45, 2.75) is 12.8 Å². The minimum atomic E-state index is -1.21. The molecule has 0 radical (unpaired) electrons. The quantitative estimate of drug-likeness (QED) is 0.471. The maximum atomic E-state index is 13.5. The number of nitro groups is 1. The third kappa shape index (κ3) is 4.44. The van der Waals surface area contributed by atoms with E-state index in [4.69, 9.17) is 0 Å². The molecular formula is C12H17F2N3O2. The Morgan fingerprint density at radius 2 is 2.00 bits per heavy atom. The number of nitro benzene ring substituents is 1. The van der Waals surface area contributed by atoms with Crippen LogP contribution in [0.15, 0.2) is 12.1 Å². The van der Waals surface area contributed by atoms with Gasteiger partial charge in [-0.3, -0.25) is 10.1 Å². The van der Waals surface area contributed by atoms with Gasteiger partial charge in [-0.2, -0.15) is 0 Å². The molecule has 0 aliphatic rings. The molecule has 0 saturated carbocycles. The molecule has 1 rings (SSSR count). The minimum absolute atomic E-state index is 0.356. The van der Waals surface area contributed by atoms with E-state index in [1.54, 1.807) is 0 Å². The summed E-state index contributed by atoms with van der Waals surface area (Å²) in [5, 5.41) is 13.3. The molecule has 0 unspecified atom stereocenters. The number of hydrogen-bond donors (Lipinski definition) is 1. The number of rotatable bonds is 7. The number of benzene rings is 1. The lowest BCUT2D eigenvalue weighted by Crippen LogP contribution is -2.14. The second-order valence-corrected chi connectivity index (χ2v) is 4.45. The molecule has 106 valence electrons. The second kappa shape index (κ2) is 6.98. The molecule has 0 heterocycles. The van der Waals surface area contributed by atoms with Gasteiger partial charge in [0.2, 0.25) is 0 Å². The van der Waals surface area contributed by atoms with Gasteiger partial charge in [-0.1, -0.05) is 0 Å². The van der Waals surface area contributed by atoms with Crippen LogP contribution in [0.3, 0.4) is 0 Å². The first-order valence-electron chi connectivity index (χ1n) is 5.94. The molecule has 1 aromatic rings. The monoisotopic (exact) mass is 273 g/mol. The molecule has 0 aliphatic heterocycles. The molecule has 7 heteroatoms. The van der Waals surface area contributed by atoms with E-state index < -0.39 is 22.2 Å². The molecule has 0 saturated heterocycles. The maximum absolute atomic E-state index is 13.5. The fraction of sp³-hybridized carbons (Fsp3) is 0.500. The Bertz CT molecular complexity index is 453. The maximum Gasteiger partial charge on any atom is 0.295 e. The predicted molar refractivity (Wildman–Crippen MR) is 69.3 cm³/mol. The van der Waals surface area contributed by atoms with Gasteiger partial charge in [-0.25, -0.2) is 8.78 Å². The fourth-order valence-corrected chi connectivity index (χ4v) is 1.63. The van der Waals surface area contributed by atoms with Crippen LogP contribution in [-0.2, 0) is 0 Å². The summed E-state index contributed by atoms with van der Waals surface area (Å²) in [7, 11) is 3.87. The normalized spacial score (nSPS) is 10.8. The van der Waals surface area contributed by atoms with Gasteiger partial charge in [-0.15, -0.1) is 0 Å². The summed E-state index contributed by atoms with van der Waals surface area (Å²) >= 11 is 0. The summed E-state index contributed by atoms with van der Waals surface area (Å²) in [6.07, 6.45) is 1.58. The van der Waals surface area contributed by atoms with Crippen LogP contribution >= 0.6 is 0 Å². The molecule has 1 N–H and O–H groups in total. The van der Waals surface area contributed by atoms with Gasteiger partial charge in [0, 0.05) is 12.6 Å². The van der Waals surface area contributed by atoms with E-state index in [0.29, 0.717) is 13.0 Å². The van der Waals surface area contributed by atoms with E-state index in [1.165, 1.54) is 0 Å². The van der Waals surface area contributed by atoms with Crippen molar-refractivity contribution in [2.24, 2.45) is 0 Å². The highest BCUT2D eigenvalue weighted by Gasteiger charge is 2.20. The van der Waals surface area contributed by atoms with Crippen molar-refractivity contribution in [3.05, 3.63) is 33.9 Å². The van der Waals surface area contributed by atoms with Gasteiger partial charge in [0.1, 0.15) is 0 Å². The zero-order valence-electron chi connectivity index (χ0n) is 10.9. The minimum Gasteiger partial charge on any atom is -0.377 e. The fourth-order valence-electron chi connectivity index (χ4n) is 1.63. The largest absolute Gasteiger partial charge is 0.377 e. The van der Waals surface area contributed by atoms with Gasteiger partial charge < -0.3 is 10.2 Å². The summed E-state index contributed by atoms with van der Waals surface area (Å²) in [4.78, 5) is 12.0. The van der Waals surface area contributed by atoms with Crippen LogP contribution in [0.2, 0.25) is 0 Å². The summed E-state index contributed by atoms with van der Waals surface area (Å²) in [5.74, 6) is -2.30. The molecule has 0 bridgehead atoms. The van der Waals surface area contributed by atoms with Crippen molar-refractivity contribution in [2.75, 3.05) is 32.5 Å². The van der Waals surface area contributed by atoms with Crippen LogP contribution in [0.25, 0.3) is 0 Å². The molecule has 1 aromatic carbocycles. The van der Waals surface area contributed by atoms with Crippen LogP contribution in [0, 0.1) is 21.7 Å². The highest BCUT2D eigenvalue weighted by atomic mass is 19.2. The second-order valence-electron chi connectivity index (χ2n) is 4.45. The third-order valence-corrected chi connectivity index (χ3v) is 2.60. The lowest BCUT2D eigenvalue weighted by molar-refractivity contribution is -0.384. The van der Waals surface area contributed by atoms with Gasteiger partial charge in [-0.05, 0) is 39.5 Å². The molecule has 0 aromatic heterocycles.